The molecule has 6 rings (SSSR count). The molecule has 4 fully saturated rings. The molecule has 0 spiro atoms. The van der Waals surface area contributed by atoms with E-state index in [0.29, 0.717) is 29.7 Å². The Balaban J connectivity index is 0.974. The number of amides is 1. The van der Waals surface area contributed by atoms with Gasteiger partial charge in [0, 0.05) is 23.9 Å². The number of hydrogen-bond donors (Lipinski definition) is 1. The smallest absolute Gasteiger partial charge is 0.251 e. The fraction of sp³-hybridized carbons (Fsp3) is 0.600. The fourth-order valence-electron chi connectivity index (χ4n) is 7.50. The number of benzene rings is 1. The van der Waals surface area contributed by atoms with Crippen LogP contribution in [-0.2, 0) is 0 Å². The van der Waals surface area contributed by atoms with Crippen LogP contribution in [0.3, 0.4) is 0 Å². The molecule has 5 heteroatoms. The Labute approximate surface area is 209 Å². The summed E-state index contributed by atoms with van der Waals surface area (Å²) in [5.74, 6) is 5.35. The van der Waals surface area contributed by atoms with Crippen LogP contribution in [0.25, 0.3) is 0 Å². The van der Waals surface area contributed by atoms with Crippen molar-refractivity contribution in [3.8, 4) is 11.6 Å². The minimum atomic E-state index is 0.0876. The van der Waals surface area contributed by atoms with Crippen molar-refractivity contribution in [1.29, 1.82) is 0 Å². The highest BCUT2D eigenvalue weighted by atomic mass is 16.5. The molecule has 4 aliphatic carbocycles. The first-order chi connectivity index (χ1) is 17.2. The minimum Gasteiger partial charge on any atom is -0.490 e. The number of nitrogens with zero attached hydrogens (tertiary/aromatic N) is 1. The first-order valence-electron chi connectivity index (χ1n) is 13.8. The second kappa shape index (κ2) is 10.2. The predicted octanol–water partition coefficient (Wildman–Crippen LogP) is 6.04. The van der Waals surface area contributed by atoms with Crippen LogP contribution >= 0.6 is 0 Å². The molecule has 2 aromatic rings. The summed E-state index contributed by atoms with van der Waals surface area (Å²) in [6.45, 7) is 0.720. The van der Waals surface area contributed by atoms with E-state index in [4.69, 9.17) is 9.47 Å². The van der Waals surface area contributed by atoms with Gasteiger partial charge in [-0.15, -0.1) is 0 Å². The summed E-state index contributed by atoms with van der Waals surface area (Å²) in [4.78, 5) is 17.3. The van der Waals surface area contributed by atoms with E-state index in [0.717, 1.165) is 55.4 Å². The minimum absolute atomic E-state index is 0.0876. The molecule has 0 saturated heterocycles. The highest BCUT2D eigenvalue weighted by Gasteiger charge is 2.49. The molecule has 5 atom stereocenters. The van der Waals surface area contributed by atoms with Gasteiger partial charge in [-0.25, -0.2) is 4.98 Å². The zero-order chi connectivity index (χ0) is 23.6. The van der Waals surface area contributed by atoms with Gasteiger partial charge in [-0.1, -0.05) is 18.9 Å². The number of carbonyl (C=O) groups is 1. The van der Waals surface area contributed by atoms with Crippen LogP contribution < -0.4 is 14.8 Å². The molecule has 5 nitrogen and oxygen atoms in total. The van der Waals surface area contributed by atoms with Crippen LogP contribution in [0, 0.1) is 29.6 Å². The number of fused-ring (bicyclic) bond motifs is 2. The Bertz CT molecular complexity index is 986. The van der Waals surface area contributed by atoms with Gasteiger partial charge in [-0.2, -0.15) is 0 Å². The summed E-state index contributed by atoms with van der Waals surface area (Å²) >= 11 is 0. The highest BCUT2D eigenvalue weighted by molar-refractivity contribution is 5.94. The Hall–Kier alpha value is -2.56. The fourth-order valence-corrected chi connectivity index (χ4v) is 7.50. The summed E-state index contributed by atoms with van der Waals surface area (Å²) in [6, 6.07) is 13.9. The Morgan fingerprint density at radius 3 is 2.54 bits per heavy atom. The molecule has 186 valence electrons. The van der Waals surface area contributed by atoms with E-state index in [2.05, 4.69) is 10.3 Å². The Morgan fingerprint density at radius 1 is 0.914 bits per heavy atom. The van der Waals surface area contributed by atoms with Crippen molar-refractivity contribution in [2.75, 3.05) is 6.61 Å². The van der Waals surface area contributed by atoms with Crippen LogP contribution in [0.1, 0.15) is 74.6 Å². The average molecular weight is 475 g/mol. The molecule has 0 radical (unpaired) electrons. The van der Waals surface area contributed by atoms with E-state index < -0.39 is 0 Å². The first kappa shape index (κ1) is 22.9. The highest BCUT2D eigenvalue weighted by Crippen LogP contribution is 2.53. The van der Waals surface area contributed by atoms with Crippen LogP contribution in [0.4, 0.5) is 0 Å². The van der Waals surface area contributed by atoms with E-state index in [9.17, 15) is 4.79 Å². The number of aromatic nitrogens is 1. The Kier molecular flexibility index (Phi) is 6.67. The largest absolute Gasteiger partial charge is 0.490 e. The average Bonchev–Trinajstić information content (AvgIpc) is 3.02. The van der Waals surface area contributed by atoms with Gasteiger partial charge in [0.05, 0.1) is 12.7 Å². The van der Waals surface area contributed by atoms with E-state index in [1.165, 1.54) is 38.5 Å². The van der Waals surface area contributed by atoms with E-state index >= 15 is 0 Å². The quantitative estimate of drug-likeness (QED) is 0.531. The van der Waals surface area contributed by atoms with E-state index in [1.54, 1.807) is 6.20 Å². The van der Waals surface area contributed by atoms with Crippen molar-refractivity contribution in [2.24, 2.45) is 29.6 Å². The molecule has 1 aromatic carbocycles. The number of hydrogen-bond acceptors (Lipinski definition) is 4. The van der Waals surface area contributed by atoms with E-state index in [1.807, 2.05) is 42.5 Å². The van der Waals surface area contributed by atoms with Gasteiger partial charge in [0.1, 0.15) is 5.75 Å². The summed E-state index contributed by atoms with van der Waals surface area (Å²) in [5.41, 5.74) is 0.751. The second-order valence-electron chi connectivity index (χ2n) is 11.5. The third-order valence-corrected chi connectivity index (χ3v) is 9.22. The summed E-state index contributed by atoms with van der Waals surface area (Å²) < 4.78 is 12.1. The number of carbonyl (C=O) groups excluding carboxylic acids is 1. The maximum atomic E-state index is 13.1. The Morgan fingerprint density at radius 2 is 1.74 bits per heavy atom. The van der Waals surface area contributed by atoms with Crippen LogP contribution in [0.5, 0.6) is 11.6 Å². The molecule has 35 heavy (non-hydrogen) atoms. The van der Waals surface area contributed by atoms with Gasteiger partial charge < -0.3 is 14.8 Å². The van der Waals surface area contributed by atoms with E-state index in [-0.39, 0.29) is 12.0 Å². The topological polar surface area (TPSA) is 60.5 Å². The standard InChI is InChI=1S/C30H38N2O3/c33-30(32-29-24-17-21-4-3-5-27(29)23(16-21)18-24)22-9-13-26(14-10-22)35-25-11-7-20(8-12-25)19-34-28-6-1-2-15-31-28/h1-2,6,9-10,13-15,20-21,23-25,27,29H,3-5,7-8,11-12,16-19H2,(H,32,33). The van der Waals surface area contributed by atoms with Gasteiger partial charge in [-0.3, -0.25) is 4.79 Å². The first-order valence-corrected chi connectivity index (χ1v) is 13.8. The second-order valence-corrected chi connectivity index (χ2v) is 11.5. The lowest BCUT2D eigenvalue weighted by atomic mass is 9.79. The van der Waals surface area contributed by atoms with Crippen LogP contribution in [0.2, 0.25) is 0 Å². The molecule has 5 unspecified atom stereocenters. The van der Waals surface area contributed by atoms with Crippen LogP contribution in [-0.4, -0.2) is 29.6 Å². The molecular weight excluding hydrogens is 436 g/mol. The third-order valence-electron chi connectivity index (χ3n) is 9.22. The predicted molar refractivity (Wildman–Crippen MR) is 135 cm³/mol. The summed E-state index contributed by atoms with van der Waals surface area (Å²) in [7, 11) is 0. The van der Waals surface area contributed by atoms with Gasteiger partial charge in [-0.05, 0) is 111 Å². The number of nitrogens with one attached hydrogen (secondary N) is 1. The zero-order valence-electron chi connectivity index (χ0n) is 20.6. The number of pyridine rings is 1. The monoisotopic (exact) mass is 474 g/mol. The van der Waals surface area contributed by atoms with Crippen molar-refractivity contribution < 1.29 is 14.3 Å². The van der Waals surface area contributed by atoms with Gasteiger partial charge in [0.25, 0.3) is 5.91 Å². The number of ether oxygens (including phenoxy) is 2. The molecule has 1 heterocycles. The van der Waals surface area contributed by atoms with Crippen molar-refractivity contribution in [2.45, 2.75) is 76.4 Å². The maximum absolute atomic E-state index is 13.1. The SMILES string of the molecule is O=C(NC1C2CC3CCCC1C(C3)C2)c1ccc(OC2CCC(COc3ccccn3)CC2)cc1. The molecular formula is C30H38N2O3. The lowest BCUT2D eigenvalue weighted by molar-refractivity contribution is 0.0907. The lowest BCUT2D eigenvalue weighted by Crippen LogP contribution is -2.42. The molecule has 1 N–H and O–H groups in total. The van der Waals surface area contributed by atoms with Crippen molar-refractivity contribution in [3.63, 3.8) is 0 Å². The summed E-state index contributed by atoms with van der Waals surface area (Å²) in [5, 5.41) is 3.46. The zero-order valence-corrected chi connectivity index (χ0v) is 20.6. The van der Waals surface area contributed by atoms with Crippen molar-refractivity contribution >= 4 is 5.91 Å². The molecule has 1 aromatic heterocycles. The van der Waals surface area contributed by atoms with Gasteiger partial charge in [0.2, 0.25) is 5.88 Å². The third kappa shape index (κ3) is 5.19. The van der Waals surface area contributed by atoms with Gasteiger partial charge >= 0.3 is 0 Å². The maximum Gasteiger partial charge on any atom is 0.251 e. The molecule has 4 saturated carbocycles. The van der Waals surface area contributed by atoms with Crippen molar-refractivity contribution in [3.05, 3.63) is 54.2 Å². The normalized spacial score (nSPS) is 33.7. The molecule has 1 amide bonds. The number of rotatable bonds is 7. The van der Waals surface area contributed by atoms with Crippen molar-refractivity contribution in [1.82, 2.24) is 10.3 Å². The molecule has 0 aliphatic heterocycles. The summed E-state index contributed by atoms with van der Waals surface area (Å²) in [6.07, 6.45) is 14.4. The lowest BCUT2D eigenvalue weighted by Gasteiger charge is -2.30. The molecule has 3 bridgehead atoms. The molecule has 4 aliphatic rings. The van der Waals surface area contributed by atoms with Gasteiger partial charge in [0.15, 0.2) is 0 Å². The van der Waals surface area contributed by atoms with Crippen LogP contribution in [0.15, 0.2) is 48.7 Å².